The molecule has 2 aromatic carbocycles. The zero-order valence-corrected chi connectivity index (χ0v) is 17.3. The van der Waals surface area contributed by atoms with Gasteiger partial charge in [0.25, 0.3) is 0 Å². The fraction of sp³-hybridized carbons (Fsp3) is 0.167. The fourth-order valence-corrected chi connectivity index (χ4v) is 4.00. The van der Waals surface area contributed by atoms with Crippen molar-refractivity contribution in [2.24, 2.45) is 14.1 Å². The molecule has 6 heteroatoms. The van der Waals surface area contributed by atoms with E-state index in [2.05, 4.69) is 10.6 Å². The van der Waals surface area contributed by atoms with Crippen molar-refractivity contribution in [1.82, 2.24) is 9.13 Å². The summed E-state index contributed by atoms with van der Waals surface area (Å²) in [5.41, 5.74) is 4.53. The summed E-state index contributed by atoms with van der Waals surface area (Å²) >= 11 is 0. The van der Waals surface area contributed by atoms with Gasteiger partial charge in [0, 0.05) is 47.5 Å². The van der Waals surface area contributed by atoms with Gasteiger partial charge >= 0.3 is 11.9 Å². The van der Waals surface area contributed by atoms with Crippen molar-refractivity contribution in [3.05, 3.63) is 66.2 Å². The largest absolute Gasteiger partial charge is 0.466 e. The van der Waals surface area contributed by atoms with Gasteiger partial charge in [-0.3, -0.25) is 0 Å². The van der Waals surface area contributed by atoms with Crippen molar-refractivity contribution in [3.8, 4) is 11.4 Å². The maximum absolute atomic E-state index is 12.7. The maximum atomic E-state index is 12.7. The molecule has 0 saturated heterocycles. The summed E-state index contributed by atoms with van der Waals surface area (Å²) in [7, 11) is 6.52. The van der Waals surface area contributed by atoms with E-state index in [9.17, 15) is 9.59 Å². The normalized spacial score (nSPS) is 11.8. The molecule has 0 aliphatic rings. The molecule has 152 valence electrons. The molecule has 30 heavy (non-hydrogen) atoms. The lowest BCUT2D eigenvalue weighted by atomic mass is 10.00. The maximum Gasteiger partial charge on any atom is 0.338 e. The molecule has 4 rings (SSSR count). The number of hydrogen-bond donors (Lipinski definition) is 0. The van der Waals surface area contributed by atoms with Crippen LogP contribution < -0.4 is 0 Å². The lowest BCUT2D eigenvalue weighted by molar-refractivity contribution is -0.136. The van der Waals surface area contributed by atoms with Crippen LogP contribution in [-0.2, 0) is 33.2 Å². The minimum absolute atomic E-state index is 0.154. The van der Waals surface area contributed by atoms with E-state index in [0.29, 0.717) is 5.56 Å². The van der Waals surface area contributed by atoms with E-state index in [1.165, 1.54) is 20.3 Å². The molecule has 6 nitrogen and oxygen atoms in total. The van der Waals surface area contributed by atoms with E-state index in [1.54, 1.807) is 0 Å². The first-order chi connectivity index (χ1) is 14.5. The number of hydrogen-bond acceptors (Lipinski definition) is 4. The molecule has 0 aliphatic heterocycles. The predicted molar refractivity (Wildman–Crippen MR) is 117 cm³/mol. The number of rotatable bonds is 4. The van der Waals surface area contributed by atoms with Gasteiger partial charge < -0.3 is 18.6 Å². The van der Waals surface area contributed by atoms with Crippen LogP contribution in [0.4, 0.5) is 0 Å². The average molecular weight is 402 g/mol. The first-order valence-electron chi connectivity index (χ1n) is 9.48. The monoisotopic (exact) mass is 402 g/mol. The van der Waals surface area contributed by atoms with Gasteiger partial charge in [-0.2, -0.15) is 0 Å². The molecular formula is C24H22N2O4. The second kappa shape index (κ2) is 7.55. The third-order valence-electron chi connectivity index (χ3n) is 5.44. The SMILES string of the molecule is COC(=O)/C=C(/C(=O)OC)c1c(-c2cc3ccccc3n2C)n(C)c2ccccc12. The van der Waals surface area contributed by atoms with Crippen LogP contribution in [0.15, 0.2) is 60.7 Å². The number of ether oxygens (including phenoxy) is 2. The third-order valence-corrected chi connectivity index (χ3v) is 5.44. The molecule has 0 bridgehead atoms. The van der Waals surface area contributed by atoms with Crippen molar-refractivity contribution in [3.63, 3.8) is 0 Å². The van der Waals surface area contributed by atoms with E-state index >= 15 is 0 Å². The van der Waals surface area contributed by atoms with Gasteiger partial charge in [0.2, 0.25) is 0 Å². The zero-order chi connectivity index (χ0) is 21.4. The number of aryl methyl sites for hydroxylation is 2. The Balaban J connectivity index is 2.14. The summed E-state index contributed by atoms with van der Waals surface area (Å²) in [6.07, 6.45) is 1.19. The third kappa shape index (κ3) is 2.97. The minimum Gasteiger partial charge on any atom is -0.466 e. The summed E-state index contributed by atoms with van der Waals surface area (Å²) in [4.78, 5) is 24.8. The van der Waals surface area contributed by atoms with Crippen LogP contribution in [0.1, 0.15) is 5.56 Å². The summed E-state index contributed by atoms with van der Waals surface area (Å²) in [5.74, 6) is -1.22. The number of benzene rings is 2. The number of para-hydroxylation sites is 2. The van der Waals surface area contributed by atoms with Crippen LogP contribution in [0.25, 0.3) is 38.8 Å². The number of aromatic nitrogens is 2. The summed E-state index contributed by atoms with van der Waals surface area (Å²) < 4.78 is 13.9. The Morgan fingerprint density at radius 2 is 1.53 bits per heavy atom. The van der Waals surface area contributed by atoms with E-state index in [0.717, 1.165) is 33.2 Å². The summed E-state index contributed by atoms with van der Waals surface area (Å²) in [6, 6.07) is 17.9. The van der Waals surface area contributed by atoms with E-state index in [-0.39, 0.29) is 5.57 Å². The highest BCUT2D eigenvalue weighted by atomic mass is 16.5. The highest BCUT2D eigenvalue weighted by Crippen LogP contribution is 2.39. The predicted octanol–water partition coefficient (Wildman–Crippen LogP) is 4.07. The molecule has 2 heterocycles. The lowest BCUT2D eigenvalue weighted by Gasteiger charge is -2.12. The van der Waals surface area contributed by atoms with E-state index in [4.69, 9.17) is 9.47 Å². The van der Waals surface area contributed by atoms with Crippen LogP contribution in [0, 0.1) is 0 Å². The Labute approximate surface area is 173 Å². The second-order valence-corrected chi connectivity index (χ2v) is 7.02. The molecule has 4 aromatic rings. The minimum atomic E-state index is -0.619. The van der Waals surface area contributed by atoms with Crippen LogP contribution >= 0.6 is 0 Å². The quantitative estimate of drug-likeness (QED) is 0.381. The molecule has 0 N–H and O–H groups in total. The molecule has 0 unspecified atom stereocenters. The van der Waals surface area contributed by atoms with Crippen LogP contribution in [0.5, 0.6) is 0 Å². The average Bonchev–Trinajstić information content (AvgIpc) is 3.25. The highest BCUT2D eigenvalue weighted by Gasteiger charge is 2.27. The molecule has 0 radical (unpaired) electrons. The Kier molecular flexibility index (Phi) is 4.91. The number of methoxy groups -OCH3 is 2. The lowest BCUT2D eigenvalue weighted by Crippen LogP contribution is -2.09. The smallest absolute Gasteiger partial charge is 0.338 e. The second-order valence-electron chi connectivity index (χ2n) is 7.02. The number of carbonyl (C=O) groups is 2. The molecule has 0 aliphatic carbocycles. The Bertz CT molecular complexity index is 1320. The van der Waals surface area contributed by atoms with Crippen molar-refractivity contribution in [2.45, 2.75) is 0 Å². The number of esters is 2. The number of nitrogens with zero attached hydrogens (tertiary/aromatic N) is 2. The van der Waals surface area contributed by atoms with Gasteiger partial charge in [-0.15, -0.1) is 0 Å². The topological polar surface area (TPSA) is 62.5 Å². The first kappa shape index (κ1) is 19.5. The van der Waals surface area contributed by atoms with E-state index in [1.807, 2.05) is 67.2 Å². The standard InChI is InChI=1S/C24H22N2O4/c1-25-18-11-7-5-9-15(18)13-20(25)23-22(16-10-6-8-12-19(16)26(23)2)17(24(28)30-4)14-21(27)29-3/h5-14H,1-4H3/b17-14+. The Morgan fingerprint density at radius 1 is 0.867 bits per heavy atom. The van der Waals surface area contributed by atoms with Crippen LogP contribution in [0.3, 0.4) is 0 Å². The zero-order valence-electron chi connectivity index (χ0n) is 17.3. The Morgan fingerprint density at radius 3 is 2.20 bits per heavy atom. The van der Waals surface area contributed by atoms with Gasteiger partial charge in [-0.1, -0.05) is 36.4 Å². The molecule has 0 atom stereocenters. The fourth-order valence-electron chi connectivity index (χ4n) is 4.00. The first-order valence-corrected chi connectivity index (χ1v) is 9.48. The molecular weight excluding hydrogens is 380 g/mol. The van der Waals surface area contributed by atoms with Crippen LogP contribution in [0.2, 0.25) is 0 Å². The molecule has 0 fully saturated rings. The van der Waals surface area contributed by atoms with E-state index < -0.39 is 11.9 Å². The van der Waals surface area contributed by atoms with Crippen LogP contribution in [-0.4, -0.2) is 35.3 Å². The van der Waals surface area contributed by atoms with Gasteiger partial charge in [0.05, 0.1) is 31.2 Å². The van der Waals surface area contributed by atoms with Crippen molar-refractivity contribution in [2.75, 3.05) is 14.2 Å². The molecule has 0 spiro atoms. The van der Waals surface area contributed by atoms with Gasteiger partial charge in [0.1, 0.15) is 0 Å². The highest BCUT2D eigenvalue weighted by molar-refractivity contribution is 6.25. The van der Waals surface area contributed by atoms with Gasteiger partial charge in [-0.05, 0) is 18.2 Å². The van der Waals surface area contributed by atoms with Crippen molar-refractivity contribution < 1.29 is 19.1 Å². The summed E-state index contributed by atoms with van der Waals surface area (Å²) in [6.45, 7) is 0. The molecule has 2 aromatic heterocycles. The number of carbonyl (C=O) groups excluding carboxylic acids is 2. The van der Waals surface area contributed by atoms with Gasteiger partial charge in [-0.25, -0.2) is 9.59 Å². The number of fused-ring (bicyclic) bond motifs is 2. The molecule has 0 amide bonds. The van der Waals surface area contributed by atoms with Gasteiger partial charge in [0.15, 0.2) is 0 Å². The van der Waals surface area contributed by atoms with Crippen molar-refractivity contribution >= 4 is 39.3 Å². The Hall–Kier alpha value is -3.80. The summed E-state index contributed by atoms with van der Waals surface area (Å²) in [5, 5.41) is 1.93. The van der Waals surface area contributed by atoms with Crippen molar-refractivity contribution in [1.29, 1.82) is 0 Å². The molecule has 0 saturated carbocycles.